The van der Waals surface area contributed by atoms with E-state index in [9.17, 15) is 23.9 Å². The first-order valence-corrected chi connectivity index (χ1v) is 12.7. The number of nitrogens with one attached hydrogen (secondary N) is 2. The molecule has 2 aromatic carbocycles. The van der Waals surface area contributed by atoms with Crippen LogP contribution in [-0.2, 0) is 4.79 Å². The van der Waals surface area contributed by atoms with Gasteiger partial charge in [-0.15, -0.1) is 0 Å². The molecule has 8 nitrogen and oxygen atoms in total. The molecule has 204 valence electrons. The number of aromatic nitrogens is 1. The zero-order valence-corrected chi connectivity index (χ0v) is 21.6. The Bertz CT molecular complexity index is 1260. The van der Waals surface area contributed by atoms with Gasteiger partial charge in [-0.25, -0.2) is 14.3 Å². The Morgan fingerprint density at radius 2 is 1.89 bits per heavy atom. The highest BCUT2D eigenvalue weighted by molar-refractivity contribution is 5.85. The third-order valence-electron chi connectivity index (χ3n) is 7.56. The standard InChI is InChI=1S/C28H34F2N4O4/c1-18-17-32-24-4-3-22(38-2)16-23(24)26(18)25(35)5-6-28(27(36)33-37)7-10-34(11-8-28)12-9-31-21-14-19(29)13-20(30)15-21/h3-4,13-17,25,31,35,37H,5-12H2,1-2H3,(H,33,36). The number of anilines is 1. The molecule has 1 atom stereocenters. The molecule has 0 radical (unpaired) electrons. The molecule has 3 aromatic rings. The lowest BCUT2D eigenvalue weighted by atomic mass is 9.73. The van der Waals surface area contributed by atoms with Crippen molar-refractivity contribution >= 4 is 22.5 Å². The first kappa shape index (κ1) is 27.7. The number of methoxy groups -OCH3 is 1. The van der Waals surface area contributed by atoms with Crippen LogP contribution in [0.25, 0.3) is 10.9 Å². The van der Waals surface area contributed by atoms with Gasteiger partial charge in [0.05, 0.1) is 24.1 Å². The molecule has 0 bridgehead atoms. The summed E-state index contributed by atoms with van der Waals surface area (Å²) in [5.74, 6) is -1.06. The summed E-state index contributed by atoms with van der Waals surface area (Å²) < 4.78 is 32.2. The first-order chi connectivity index (χ1) is 18.2. The van der Waals surface area contributed by atoms with Crippen molar-refractivity contribution in [2.24, 2.45) is 5.41 Å². The highest BCUT2D eigenvalue weighted by Crippen LogP contribution is 2.40. The average Bonchev–Trinajstić information content (AvgIpc) is 2.91. The van der Waals surface area contributed by atoms with Crippen LogP contribution < -0.4 is 15.5 Å². The van der Waals surface area contributed by atoms with E-state index in [-0.39, 0.29) is 0 Å². The predicted octanol–water partition coefficient (Wildman–Crippen LogP) is 4.34. The van der Waals surface area contributed by atoms with Gasteiger partial charge in [-0.3, -0.25) is 15.0 Å². The number of nitrogens with zero attached hydrogens (tertiary/aromatic N) is 2. The topological polar surface area (TPSA) is 107 Å². The summed E-state index contributed by atoms with van der Waals surface area (Å²) in [7, 11) is 1.58. The summed E-state index contributed by atoms with van der Waals surface area (Å²) in [5.41, 5.74) is 3.74. The zero-order valence-electron chi connectivity index (χ0n) is 21.6. The number of pyridine rings is 1. The van der Waals surface area contributed by atoms with Gasteiger partial charge in [0.1, 0.15) is 17.4 Å². The molecule has 1 aromatic heterocycles. The fraction of sp³-hybridized carbons (Fsp3) is 0.429. The van der Waals surface area contributed by atoms with Crippen LogP contribution in [0.1, 0.15) is 42.9 Å². The van der Waals surface area contributed by atoms with Gasteiger partial charge in [-0.2, -0.15) is 0 Å². The maximum absolute atomic E-state index is 13.4. The molecule has 1 amide bonds. The Morgan fingerprint density at radius 3 is 2.55 bits per heavy atom. The highest BCUT2D eigenvalue weighted by Gasteiger charge is 2.41. The van der Waals surface area contributed by atoms with Crippen LogP contribution in [0.4, 0.5) is 14.5 Å². The van der Waals surface area contributed by atoms with Gasteiger partial charge >= 0.3 is 0 Å². The first-order valence-electron chi connectivity index (χ1n) is 12.7. The third kappa shape index (κ3) is 6.20. The van der Waals surface area contributed by atoms with Crippen LogP contribution in [0.15, 0.2) is 42.6 Å². The summed E-state index contributed by atoms with van der Waals surface area (Å²) >= 11 is 0. The van der Waals surface area contributed by atoms with E-state index in [4.69, 9.17) is 4.74 Å². The lowest BCUT2D eigenvalue weighted by molar-refractivity contribution is -0.143. The van der Waals surface area contributed by atoms with Crippen molar-refractivity contribution < 1.29 is 28.6 Å². The number of rotatable bonds is 10. The Labute approximate surface area is 220 Å². The average molecular weight is 529 g/mol. The van der Waals surface area contributed by atoms with Crippen LogP contribution >= 0.6 is 0 Å². The zero-order chi connectivity index (χ0) is 27.3. The van der Waals surface area contributed by atoms with Gasteiger partial charge in [0.25, 0.3) is 0 Å². The van der Waals surface area contributed by atoms with Crippen molar-refractivity contribution in [3.05, 3.63) is 65.4 Å². The summed E-state index contributed by atoms with van der Waals surface area (Å²) in [5, 5.41) is 24.6. The molecule has 2 heterocycles. The minimum Gasteiger partial charge on any atom is -0.497 e. The summed E-state index contributed by atoms with van der Waals surface area (Å²) in [6.45, 7) is 4.22. The van der Waals surface area contributed by atoms with Crippen molar-refractivity contribution in [3.8, 4) is 5.75 Å². The number of aliphatic hydroxyl groups excluding tert-OH is 1. The molecular formula is C28H34F2N4O4. The van der Waals surface area contributed by atoms with E-state index in [0.29, 0.717) is 63.3 Å². The molecule has 10 heteroatoms. The molecule has 1 aliphatic rings. The highest BCUT2D eigenvalue weighted by atomic mass is 19.1. The molecule has 38 heavy (non-hydrogen) atoms. The number of carbonyl (C=O) groups excluding carboxylic acids is 1. The molecule has 1 fully saturated rings. The quantitative estimate of drug-likeness (QED) is 0.229. The van der Waals surface area contributed by atoms with Gasteiger partial charge in [0.15, 0.2) is 0 Å². The Balaban J connectivity index is 1.39. The predicted molar refractivity (Wildman–Crippen MR) is 140 cm³/mol. The molecule has 1 saturated heterocycles. The summed E-state index contributed by atoms with van der Waals surface area (Å²) in [4.78, 5) is 19.4. The second-order valence-electron chi connectivity index (χ2n) is 9.94. The molecule has 0 saturated carbocycles. The number of piperidine rings is 1. The van der Waals surface area contributed by atoms with Crippen LogP contribution in [0.3, 0.4) is 0 Å². The SMILES string of the molecule is COc1ccc2ncc(C)c(C(O)CCC3(C(=O)NO)CCN(CCNc4cc(F)cc(F)c4)CC3)c2c1. The second-order valence-corrected chi connectivity index (χ2v) is 9.94. The smallest absolute Gasteiger partial charge is 0.249 e. The number of halogens is 2. The molecule has 0 aliphatic carbocycles. The van der Waals surface area contributed by atoms with Crippen LogP contribution in [-0.4, -0.2) is 59.4 Å². The van der Waals surface area contributed by atoms with Gasteiger partial charge < -0.3 is 20.1 Å². The number of aryl methyl sites for hydroxylation is 1. The van der Waals surface area contributed by atoms with Crippen molar-refractivity contribution in [3.63, 3.8) is 0 Å². The van der Waals surface area contributed by atoms with E-state index >= 15 is 0 Å². The maximum Gasteiger partial charge on any atom is 0.249 e. The largest absolute Gasteiger partial charge is 0.497 e. The normalized spacial score (nSPS) is 16.3. The number of hydroxylamine groups is 1. The molecule has 4 N–H and O–H groups in total. The van der Waals surface area contributed by atoms with Crippen LogP contribution in [0, 0.1) is 24.0 Å². The van der Waals surface area contributed by atoms with Crippen molar-refractivity contribution in [2.75, 3.05) is 38.6 Å². The number of hydrogen-bond acceptors (Lipinski definition) is 7. The molecule has 0 spiro atoms. The lowest BCUT2D eigenvalue weighted by Crippen LogP contribution is -2.49. The fourth-order valence-corrected chi connectivity index (χ4v) is 5.35. The van der Waals surface area contributed by atoms with E-state index in [2.05, 4.69) is 15.2 Å². The summed E-state index contributed by atoms with van der Waals surface area (Å²) in [6, 6.07) is 8.83. The number of ether oxygens (including phenoxy) is 1. The van der Waals surface area contributed by atoms with Gasteiger partial charge in [-0.1, -0.05) is 0 Å². The number of benzene rings is 2. The van der Waals surface area contributed by atoms with Crippen molar-refractivity contribution in [1.82, 2.24) is 15.4 Å². The van der Waals surface area contributed by atoms with Crippen LogP contribution in [0.5, 0.6) is 5.75 Å². The number of carbonyl (C=O) groups is 1. The Kier molecular flexibility index (Phi) is 8.76. The minimum atomic E-state index is -0.829. The van der Waals surface area contributed by atoms with Crippen molar-refractivity contribution in [1.29, 1.82) is 0 Å². The van der Waals surface area contributed by atoms with Gasteiger partial charge in [0.2, 0.25) is 5.91 Å². The Morgan fingerprint density at radius 1 is 1.18 bits per heavy atom. The lowest BCUT2D eigenvalue weighted by Gasteiger charge is -2.40. The van der Waals surface area contributed by atoms with Crippen LogP contribution in [0.2, 0.25) is 0 Å². The molecule has 4 rings (SSSR count). The number of amides is 1. The summed E-state index contributed by atoms with van der Waals surface area (Å²) in [6.07, 6.45) is 2.63. The number of hydrogen-bond donors (Lipinski definition) is 4. The van der Waals surface area contributed by atoms with Crippen molar-refractivity contribution in [2.45, 2.75) is 38.7 Å². The fourth-order valence-electron chi connectivity index (χ4n) is 5.35. The number of aliphatic hydroxyl groups is 1. The minimum absolute atomic E-state index is 0.331. The van der Waals surface area contributed by atoms with E-state index in [1.807, 2.05) is 30.6 Å². The van der Waals surface area contributed by atoms with E-state index in [0.717, 1.165) is 28.1 Å². The van der Waals surface area contributed by atoms with Gasteiger partial charge in [0, 0.05) is 36.4 Å². The monoisotopic (exact) mass is 528 g/mol. The maximum atomic E-state index is 13.4. The van der Waals surface area contributed by atoms with E-state index in [1.165, 1.54) is 12.1 Å². The van der Waals surface area contributed by atoms with Gasteiger partial charge in [-0.05, 0) is 87.2 Å². The Hall–Kier alpha value is -3.34. The molecular weight excluding hydrogens is 494 g/mol. The number of fused-ring (bicyclic) bond motifs is 1. The molecule has 1 unspecified atom stereocenters. The second kappa shape index (κ2) is 12.0. The molecule has 1 aliphatic heterocycles. The third-order valence-corrected chi connectivity index (χ3v) is 7.56. The van der Waals surface area contributed by atoms with E-state index < -0.39 is 29.1 Å². The van der Waals surface area contributed by atoms with E-state index in [1.54, 1.807) is 13.3 Å². The number of likely N-dealkylation sites (tertiary alicyclic amines) is 1.